The molecule has 1 rings (SSSR count). The van der Waals surface area contributed by atoms with Crippen molar-refractivity contribution >= 4 is 23.5 Å². The third-order valence-electron chi connectivity index (χ3n) is 2.48. The van der Waals surface area contributed by atoms with Gasteiger partial charge in [0, 0.05) is 11.6 Å². The molecular formula is C13H16ClNO4. The fourth-order valence-electron chi connectivity index (χ4n) is 1.28. The molecule has 1 aromatic rings. The minimum atomic E-state index is -0.955. The SMILES string of the molecule is CC(CNC(=O)C(C)Oc1cccc(Cl)c1)C(=O)O. The lowest BCUT2D eigenvalue weighted by molar-refractivity contribution is -0.141. The van der Waals surface area contributed by atoms with Crippen LogP contribution in [0.3, 0.4) is 0 Å². The highest BCUT2D eigenvalue weighted by molar-refractivity contribution is 6.30. The lowest BCUT2D eigenvalue weighted by Crippen LogP contribution is -2.39. The van der Waals surface area contributed by atoms with Crippen LogP contribution in [0.2, 0.25) is 5.02 Å². The standard InChI is InChI=1S/C13H16ClNO4/c1-8(13(17)18)7-15-12(16)9(2)19-11-5-3-4-10(14)6-11/h3-6,8-9H,7H2,1-2H3,(H,15,16)(H,17,18). The van der Waals surface area contributed by atoms with Crippen molar-refractivity contribution in [1.29, 1.82) is 0 Å². The Labute approximate surface area is 116 Å². The maximum absolute atomic E-state index is 11.7. The molecule has 2 N–H and O–H groups in total. The summed E-state index contributed by atoms with van der Waals surface area (Å²) in [4.78, 5) is 22.3. The second-order valence-electron chi connectivity index (χ2n) is 4.20. The van der Waals surface area contributed by atoms with E-state index in [0.29, 0.717) is 10.8 Å². The number of rotatable bonds is 6. The van der Waals surface area contributed by atoms with Crippen LogP contribution >= 0.6 is 11.6 Å². The number of hydrogen-bond acceptors (Lipinski definition) is 3. The average Bonchev–Trinajstić information content (AvgIpc) is 2.35. The van der Waals surface area contributed by atoms with Crippen LogP contribution in [0.5, 0.6) is 5.75 Å². The van der Waals surface area contributed by atoms with Crippen molar-refractivity contribution in [2.45, 2.75) is 20.0 Å². The summed E-state index contributed by atoms with van der Waals surface area (Å²) >= 11 is 5.80. The number of carboxylic acid groups (broad SMARTS) is 1. The largest absolute Gasteiger partial charge is 0.481 e. The van der Waals surface area contributed by atoms with Crippen LogP contribution in [-0.4, -0.2) is 29.6 Å². The number of carbonyl (C=O) groups excluding carboxylic acids is 1. The van der Waals surface area contributed by atoms with E-state index in [1.807, 2.05) is 0 Å². The molecule has 0 aliphatic heterocycles. The number of hydrogen-bond donors (Lipinski definition) is 2. The van der Waals surface area contributed by atoms with E-state index in [0.717, 1.165) is 0 Å². The summed E-state index contributed by atoms with van der Waals surface area (Å²) in [6, 6.07) is 6.71. The van der Waals surface area contributed by atoms with Gasteiger partial charge in [0.15, 0.2) is 6.10 Å². The molecule has 1 aromatic carbocycles. The summed E-state index contributed by atoms with van der Waals surface area (Å²) < 4.78 is 5.41. The number of carbonyl (C=O) groups is 2. The molecule has 2 atom stereocenters. The first-order valence-corrected chi connectivity index (χ1v) is 6.20. The molecule has 0 aromatic heterocycles. The van der Waals surface area contributed by atoms with Crippen LogP contribution in [-0.2, 0) is 9.59 Å². The van der Waals surface area contributed by atoms with E-state index in [-0.39, 0.29) is 12.5 Å². The minimum absolute atomic E-state index is 0.0669. The maximum atomic E-state index is 11.7. The van der Waals surface area contributed by atoms with Gasteiger partial charge in [-0.2, -0.15) is 0 Å². The predicted octanol–water partition coefficient (Wildman–Crippen LogP) is 1.94. The van der Waals surface area contributed by atoms with Crippen LogP contribution in [0.1, 0.15) is 13.8 Å². The van der Waals surface area contributed by atoms with Gasteiger partial charge in [-0.3, -0.25) is 9.59 Å². The third kappa shape index (κ3) is 5.18. The fraction of sp³-hybridized carbons (Fsp3) is 0.385. The van der Waals surface area contributed by atoms with E-state index in [1.54, 1.807) is 31.2 Å². The monoisotopic (exact) mass is 285 g/mol. The Kier molecular flexibility index (Phi) is 5.63. The van der Waals surface area contributed by atoms with Gasteiger partial charge in [-0.25, -0.2) is 0 Å². The average molecular weight is 286 g/mol. The van der Waals surface area contributed by atoms with E-state index in [2.05, 4.69) is 5.32 Å². The van der Waals surface area contributed by atoms with Crippen LogP contribution in [0.15, 0.2) is 24.3 Å². The zero-order valence-electron chi connectivity index (χ0n) is 10.7. The van der Waals surface area contributed by atoms with Gasteiger partial charge in [0.1, 0.15) is 5.75 Å². The fourth-order valence-corrected chi connectivity index (χ4v) is 1.46. The number of halogens is 1. The van der Waals surface area contributed by atoms with E-state index < -0.39 is 18.0 Å². The Morgan fingerprint density at radius 3 is 2.68 bits per heavy atom. The highest BCUT2D eigenvalue weighted by Gasteiger charge is 2.17. The smallest absolute Gasteiger partial charge is 0.308 e. The number of aliphatic carboxylic acids is 1. The molecule has 6 heteroatoms. The van der Waals surface area contributed by atoms with Crippen molar-refractivity contribution in [3.8, 4) is 5.75 Å². The predicted molar refractivity (Wildman–Crippen MR) is 71.4 cm³/mol. The van der Waals surface area contributed by atoms with Gasteiger partial charge in [-0.05, 0) is 25.1 Å². The van der Waals surface area contributed by atoms with Gasteiger partial charge in [-0.15, -0.1) is 0 Å². The Morgan fingerprint density at radius 2 is 2.11 bits per heavy atom. The maximum Gasteiger partial charge on any atom is 0.308 e. The van der Waals surface area contributed by atoms with Crippen LogP contribution < -0.4 is 10.1 Å². The number of benzene rings is 1. The van der Waals surface area contributed by atoms with Gasteiger partial charge >= 0.3 is 5.97 Å². The summed E-state index contributed by atoms with van der Waals surface area (Å²) in [5.41, 5.74) is 0. The van der Waals surface area contributed by atoms with Crippen molar-refractivity contribution in [3.63, 3.8) is 0 Å². The number of amides is 1. The van der Waals surface area contributed by atoms with Crippen molar-refractivity contribution in [3.05, 3.63) is 29.3 Å². The van der Waals surface area contributed by atoms with Crippen molar-refractivity contribution < 1.29 is 19.4 Å². The summed E-state index contributed by atoms with van der Waals surface area (Å²) in [5.74, 6) is -1.47. The molecule has 0 aliphatic rings. The van der Waals surface area contributed by atoms with Crippen molar-refractivity contribution in [1.82, 2.24) is 5.32 Å². The first-order chi connectivity index (χ1) is 8.90. The normalized spacial score (nSPS) is 13.4. The molecule has 0 saturated heterocycles. The van der Waals surface area contributed by atoms with E-state index in [4.69, 9.17) is 21.4 Å². The zero-order valence-corrected chi connectivity index (χ0v) is 11.5. The first-order valence-electron chi connectivity index (χ1n) is 5.83. The molecular weight excluding hydrogens is 270 g/mol. The highest BCUT2D eigenvalue weighted by atomic mass is 35.5. The third-order valence-corrected chi connectivity index (χ3v) is 2.72. The molecule has 0 fully saturated rings. The number of ether oxygens (including phenoxy) is 1. The molecule has 2 unspecified atom stereocenters. The van der Waals surface area contributed by atoms with Crippen molar-refractivity contribution in [2.24, 2.45) is 5.92 Å². The Morgan fingerprint density at radius 1 is 1.42 bits per heavy atom. The molecule has 1 amide bonds. The summed E-state index contributed by atoms with van der Waals surface area (Å²) in [6.45, 7) is 3.17. The summed E-state index contributed by atoms with van der Waals surface area (Å²) in [7, 11) is 0. The topological polar surface area (TPSA) is 75.6 Å². The zero-order chi connectivity index (χ0) is 14.4. The Bertz CT molecular complexity index is 464. The molecule has 0 bridgehead atoms. The van der Waals surface area contributed by atoms with Gasteiger partial charge in [0.2, 0.25) is 0 Å². The Hall–Kier alpha value is -1.75. The quantitative estimate of drug-likeness (QED) is 0.837. The van der Waals surface area contributed by atoms with Gasteiger partial charge < -0.3 is 15.2 Å². The van der Waals surface area contributed by atoms with Crippen LogP contribution in [0.25, 0.3) is 0 Å². The molecule has 5 nitrogen and oxygen atoms in total. The molecule has 0 heterocycles. The lowest BCUT2D eigenvalue weighted by atomic mass is 10.2. The van der Waals surface area contributed by atoms with Gasteiger partial charge in [-0.1, -0.05) is 24.6 Å². The lowest BCUT2D eigenvalue weighted by Gasteiger charge is -2.15. The number of nitrogens with one attached hydrogen (secondary N) is 1. The second kappa shape index (κ2) is 6.99. The van der Waals surface area contributed by atoms with E-state index in [1.165, 1.54) is 6.92 Å². The minimum Gasteiger partial charge on any atom is -0.481 e. The van der Waals surface area contributed by atoms with Crippen LogP contribution in [0.4, 0.5) is 0 Å². The van der Waals surface area contributed by atoms with Gasteiger partial charge in [0.05, 0.1) is 5.92 Å². The van der Waals surface area contributed by atoms with E-state index in [9.17, 15) is 9.59 Å². The van der Waals surface area contributed by atoms with E-state index >= 15 is 0 Å². The van der Waals surface area contributed by atoms with Crippen LogP contribution in [0, 0.1) is 5.92 Å². The second-order valence-corrected chi connectivity index (χ2v) is 4.64. The molecule has 0 saturated carbocycles. The molecule has 0 aliphatic carbocycles. The molecule has 0 spiro atoms. The Balaban J connectivity index is 2.47. The first kappa shape index (κ1) is 15.3. The van der Waals surface area contributed by atoms with Crippen molar-refractivity contribution in [2.75, 3.05) is 6.54 Å². The summed E-state index contributed by atoms with van der Waals surface area (Å²) in [5, 5.41) is 11.7. The number of carboxylic acids is 1. The van der Waals surface area contributed by atoms with Gasteiger partial charge in [0.25, 0.3) is 5.91 Å². The molecule has 104 valence electrons. The molecule has 19 heavy (non-hydrogen) atoms. The highest BCUT2D eigenvalue weighted by Crippen LogP contribution is 2.18. The molecule has 0 radical (unpaired) electrons. The summed E-state index contributed by atoms with van der Waals surface area (Å²) in [6.07, 6.45) is -0.723.